The maximum absolute atomic E-state index is 8.52. The van der Waals surface area contributed by atoms with E-state index in [2.05, 4.69) is 0 Å². The number of hydrogen-bond donors (Lipinski definition) is 0. The van der Waals surface area contributed by atoms with E-state index in [1.54, 1.807) is 0 Å². The van der Waals surface area contributed by atoms with Crippen LogP contribution in [0.1, 0.15) is 0 Å². The molecule has 0 saturated heterocycles. The second-order valence-corrected chi connectivity index (χ2v) is 1.22. The molecule has 108 valence electrons. The van der Waals surface area contributed by atoms with Crippen molar-refractivity contribution in [1.82, 2.24) is 0 Å². The Kier molecular flexibility index (Phi) is 495. The van der Waals surface area contributed by atoms with Gasteiger partial charge in [0.1, 0.15) is 0 Å². The number of halogens is 3. The molecule has 0 aromatic carbocycles. The molecular weight excluding hydrogens is 398 g/mol. The first-order valence-corrected chi connectivity index (χ1v) is 2.00. The summed E-state index contributed by atoms with van der Waals surface area (Å²) in [6, 6.07) is 0. The van der Waals surface area contributed by atoms with E-state index in [-0.39, 0.29) is 99.0 Å². The normalized spacial score (nSPS) is 3.87. The van der Waals surface area contributed by atoms with E-state index in [4.69, 9.17) is 17.5 Å². The van der Waals surface area contributed by atoms with Crippen LogP contribution >= 0.6 is 0 Å². The SMILES string of the molecule is O.O.O.O.O.O=S(=O)([O-])[O-].[Cl-].[Cl-].[Cl-].[Cr+3].[Cu+2]. The van der Waals surface area contributed by atoms with Crippen LogP contribution < -0.4 is 37.2 Å². The summed E-state index contributed by atoms with van der Waals surface area (Å²) in [6.45, 7) is 0. The Morgan fingerprint density at radius 1 is 0.667 bits per heavy atom. The van der Waals surface area contributed by atoms with Gasteiger partial charge >= 0.3 is 34.4 Å². The topological polar surface area (TPSA) is 238 Å². The Hall–Kier alpha value is 1.59. The van der Waals surface area contributed by atoms with E-state index in [0.717, 1.165) is 0 Å². The van der Waals surface area contributed by atoms with Crippen LogP contribution in [0, 0.1) is 0 Å². The molecule has 0 unspecified atom stereocenters. The summed E-state index contributed by atoms with van der Waals surface area (Å²) in [7, 11) is -5.17. The molecule has 0 aliphatic heterocycles. The van der Waals surface area contributed by atoms with E-state index in [9.17, 15) is 0 Å². The molecule has 0 spiro atoms. The standard InChI is InChI=1S/3ClH.Cr.Cu.H2O4S.5H2O/c;;;;;1-5(2,3)4;;;;;/h3*1H;;;(H2,1,2,3,4);5*1H2/q;;;+3;+2;;;;;;/p-5. The third-order valence-corrected chi connectivity index (χ3v) is 0. The summed E-state index contributed by atoms with van der Waals surface area (Å²) in [5, 5.41) is 0. The van der Waals surface area contributed by atoms with Crippen molar-refractivity contribution in [1.29, 1.82) is 0 Å². The Morgan fingerprint density at radius 3 is 0.667 bits per heavy atom. The first-order chi connectivity index (χ1) is 2.00. The van der Waals surface area contributed by atoms with Crippen LogP contribution in [0.5, 0.6) is 0 Å². The molecule has 15 heteroatoms. The molecule has 0 bridgehead atoms. The smallest absolute Gasteiger partial charge is 1.00 e. The van der Waals surface area contributed by atoms with Gasteiger partial charge in [0.05, 0.1) is 0 Å². The summed E-state index contributed by atoms with van der Waals surface area (Å²) in [5.74, 6) is 0. The van der Waals surface area contributed by atoms with Crippen molar-refractivity contribution in [2.24, 2.45) is 0 Å². The molecule has 0 aromatic heterocycles. The molecule has 0 amide bonds. The zero-order chi connectivity index (χ0) is 4.50. The Morgan fingerprint density at radius 2 is 0.667 bits per heavy atom. The third kappa shape index (κ3) is 1140. The second kappa shape index (κ2) is 57.6. The van der Waals surface area contributed by atoms with Crippen molar-refractivity contribution in [2.45, 2.75) is 0 Å². The molecule has 0 aromatic rings. The van der Waals surface area contributed by atoms with Crippen LogP contribution in [-0.2, 0) is 44.8 Å². The summed E-state index contributed by atoms with van der Waals surface area (Å²) >= 11 is 0. The molecule has 0 fully saturated rings. The number of rotatable bonds is 0. The van der Waals surface area contributed by atoms with Crippen LogP contribution in [0.25, 0.3) is 0 Å². The van der Waals surface area contributed by atoms with Gasteiger partial charge < -0.3 is 73.7 Å². The van der Waals surface area contributed by atoms with Crippen LogP contribution in [-0.4, -0.2) is 44.9 Å². The van der Waals surface area contributed by atoms with E-state index < -0.39 is 10.4 Å². The van der Waals surface area contributed by atoms with E-state index in [0.29, 0.717) is 0 Å². The van der Waals surface area contributed by atoms with Gasteiger partial charge in [-0.3, -0.25) is 8.42 Å². The van der Waals surface area contributed by atoms with Crippen LogP contribution in [0.3, 0.4) is 0 Å². The fourth-order valence-electron chi connectivity index (χ4n) is 0. The van der Waals surface area contributed by atoms with Gasteiger partial charge in [-0.05, 0) is 0 Å². The fraction of sp³-hybridized carbons (Fsp3) is 0. The number of hydrogen-bond acceptors (Lipinski definition) is 4. The first-order valence-electron chi connectivity index (χ1n) is 0.667. The predicted molar refractivity (Wildman–Crippen MR) is 28.5 cm³/mol. The summed E-state index contributed by atoms with van der Waals surface area (Å²) in [5.41, 5.74) is 0. The van der Waals surface area contributed by atoms with Crippen molar-refractivity contribution in [3.63, 3.8) is 0 Å². The van der Waals surface area contributed by atoms with Gasteiger partial charge in [-0.25, -0.2) is 0 Å². The molecule has 2 radical (unpaired) electrons. The molecule has 0 aliphatic rings. The maximum atomic E-state index is 8.52. The third-order valence-electron chi connectivity index (χ3n) is 0. The first kappa shape index (κ1) is 129. The molecule has 0 rings (SSSR count). The molecule has 15 heavy (non-hydrogen) atoms. The molecular formula is H10Cl3CrCuO9S. The van der Waals surface area contributed by atoms with E-state index in [1.807, 2.05) is 0 Å². The maximum Gasteiger partial charge on any atom is 3.00 e. The predicted octanol–water partition coefficient (Wildman–Crippen LogP) is -14.5. The van der Waals surface area contributed by atoms with Crippen LogP contribution in [0.15, 0.2) is 0 Å². The summed E-state index contributed by atoms with van der Waals surface area (Å²) in [4.78, 5) is 0. The second-order valence-electron chi connectivity index (χ2n) is 0.408. The Bertz CT molecular complexity index is 109. The monoisotopic (exact) mass is 406 g/mol. The Labute approximate surface area is 126 Å². The van der Waals surface area contributed by atoms with Crippen molar-refractivity contribution >= 4 is 10.4 Å². The fourth-order valence-corrected chi connectivity index (χ4v) is 0. The average molecular weight is 408 g/mol. The molecule has 9 nitrogen and oxygen atoms in total. The van der Waals surface area contributed by atoms with Gasteiger partial charge in [0.2, 0.25) is 0 Å². The van der Waals surface area contributed by atoms with Gasteiger partial charge in [0, 0.05) is 10.4 Å². The molecule has 0 atom stereocenters. The van der Waals surface area contributed by atoms with Gasteiger partial charge in [-0.1, -0.05) is 0 Å². The van der Waals surface area contributed by atoms with Crippen LogP contribution in [0.2, 0.25) is 0 Å². The minimum absolute atomic E-state index is 0. The largest absolute Gasteiger partial charge is 3.00 e. The molecule has 0 saturated carbocycles. The van der Waals surface area contributed by atoms with E-state index in [1.165, 1.54) is 0 Å². The zero-order valence-corrected chi connectivity index (χ0v) is 11.7. The molecule has 10 N–H and O–H groups in total. The zero-order valence-electron chi connectivity index (χ0n) is 6.38. The van der Waals surface area contributed by atoms with Crippen molar-refractivity contribution in [2.75, 3.05) is 0 Å². The average Bonchev–Trinajstić information content (AvgIpc) is 0.722. The van der Waals surface area contributed by atoms with Crippen molar-refractivity contribution in [3.05, 3.63) is 0 Å². The molecule has 0 aliphatic carbocycles. The summed E-state index contributed by atoms with van der Waals surface area (Å²) < 4.78 is 34.1. The minimum atomic E-state index is -5.17. The van der Waals surface area contributed by atoms with Gasteiger partial charge in [0.15, 0.2) is 0 Å². The van der Waals surface area contributed by atoms with Crippen LogP contribution in [0.4, 0.5) is 0 Å². The Balaban J connectivity index is -0.00000000178. The van der Waals surface area contributed by atoms with Crippen molar-refractivity contribution in [3.8, 4) is 0 Å². The quantitative estimate of drug-likeness (QED) is 0.215. The summed E-state index contributed by atoms with van der Waals surface area (Å²) in [6.07, 6.45) is 0. The van der Waals surface area contributed by atoms with Gasteiger partial charge in [-0.2, -0.15) is 0 Å². The molecule has 0 heterocycles. The van der Waals surface area contributed by atoms with Gasteiger partial charge in [0.25, 0.3) is 0 Å². The van der Waals surface area contributed by atoms with Crippen molar-refractivity contribution < 1.29 is 117 Å². The van der Waals surface area contributed by atoms with Gasteiger partial charge in [-0.15, -0.1) is 0 Å². The van der Waals surface area contributed by atoms with E-state index >= 15 is 0 Å². The minimum Gasteiger partial charge on any atom is -1.00 e.